The van der Waals surface area contributed by atoms with Crippen molar-refractivity contribution in [2.24, 2.45) is 11.7 Å². The van der Waals surface area contributed by atoms with Crippen LogP contribution < -0.4 is 5.73 Å². The van der Waals surface area contributed by atoms with Gasteiger partial charge < -0.3 is 5.73 Å². The van der Waals surface area contributed by atoms with E-state index in [2.05, 4.69) is 24.2 Å². The van der Waals surface area contributed by atoms with Crippen LogP contribution in [0.3, 0.4) is 0 Å². The number of aromatic nitrogens is 1. The van der Waals surface area contributed by atoms with Gasteiger partial charge in [0, 0.05) is 17.3 Å². The topological polar surface area (TPSA) is 38.9 Å². The predicted octanol–water partition coefficient (Wildman–Crippen LogP) is 2.90. The summed E-state index contributed by atoms with van der Waals surface area (Å²) in [4.78, 5) is 4.51. The van der Waals surface area contributed by atoms with E-state index in [1.807, 2.05) is 0 Å². The number of nitrogens with zero attached hydrogens (tertiary/aromatic N) is 1. The van der Waals surface area contributed by atoms with Crippen molar-refractivity contribution >= 4 is 11.3 Å². The molecule has 1 aliphatic carbocycles. The standard InChI is InChI=1S/C12H20N2S/c1-9-3-5-12(13,6-4-9)7-11-8-15-10(2)14-11/h8-9H,3-7,13H2,1-2H3. The highest BCUT2D eigenvalue weighted by molar-refractivity contribution is 7.09. The van der Waals surface area contributed by atoms with Gasteiger partial charge in [0.15, 0.2) is 0 Å². The number of hydrogen-bond donors (Lipinski definition) is 1. The molecule has 0 spiro atoms. The second-order valence-corrected chi connectivity index (χ2v) is 6.14. The third-order valence-corrected chi connectivity index (χ3v) is 4.29. The number of hydrogen-bond acceptors (Lipinski definition) is 3. The van der Waals surface area contributed by atoms with Crippen molar-refractivity contribution < 1.29 is 0 Å². The number of rotatable bonds is 2. The van der Waals surface area contributed by atoms with E-state index < -0.39 is 0 Å². The second kappa shape index (κ2) is 4.22. The van der Waals surface area contributed by atoms with Gasteiger partial charge >= 0.3 is 0 Å². The maximum Gasteiger partial charge on any atom is 0.0897 e. The molecule has 0 atom stereocenters. The van der Waals surface area contributed by atoms with Gasteiger partial charge in [-0.25, -0.2) is 4.98 Å². The molecule has 0 bridgehead atoms. The van der Waals surface area contributed by atoms with Gasteiger partial charge in [0.1, 0.15) is 0 Å². The van der Waals surface area contributed by atoms with Crippen LogP contribution in [0.15, 0.2) is 5.38 Å². The van der Waals surface area contributed by atoms with E-state index in [4.69, 9.17) is 5.73 Å². The molecule has 15 heavy (non-hydrogen) atoms. The minimum Gasteiger partial charge on any atom is -0.325 e. The third kappa shape index (κ3) is 2.79. The van der Waals surface area contributed by atoms with Gasteiger partial charge in [0.25, 0.3) is 0 Å². The predicted molar refractivity (Wildman–Crippen MR) is 65.1 cm³/mol. The van der Waals surface area contributed by atoms with E-state index >= 15 is 0 Å². The van der Waals surface area contributed by atoms with Crippen molar-refractivity contribution in [2.45, 2.75) is 51.5 Å². The average Bonchev–Trinajstić information content (AvgIpc) is 2.57. The van der Waals surface area contributed by atoms with Crippen LogP contribution in [-0.2, 0) is 6.42 Å². The molecule has 1 aliphatic rings. The molecule has 1 aromatic heterocycles. The Morgan fingerprint density at radius 3 is 2.73 bits per heavy atom. The molecule has 84 valence electrons. The fourth-order valence-corrected chi connectivity index (χ4v) is 2.98. The summed E-state index contributed by atoms with van der Waals surface area (Å²) < 4.78 is 0. The number of aryl methyl sites for hydroxylation is 1. The van der Waals surface area contributed by atoms with Crippen LogP contribution in [-0.4, -0.2) is 10.5 Å². The summed E-state index contributed by atoms with van der Waals surface area (Å²) in [6, 6.07) is 0. The molecule has 1 heterocycles. The normalized spacial score (nSPS) is 31.8. The zero-order chi connectivity index (χ0) is 10.9. The summed E-state index contributed by atoms with van der Waals surface area (Å²) >= 11 is 1.73. The Kier molecular flexibility index (Phi) is 3.12. The zero-order valence-corrected chi connectivity index (χ0v) is 10.4. The number of thiazole rings is 1. The van der Waals surface area contributed by atoms with E-state index in [0.29, 0.717) is 0 Å². The first-order chi connectivity index (χ1) is 7.07. The van der Waals surface area contributed by atoms with Crippen molar-refractivity contribution in [3.63, 3.8) is 0 Å². The van der Waals surface area contributed by atoms with E-state index in [1.165, 1.54) is 18.5 Å². The molecule has 0 aliphatic heterocycles. The van der Waals surface area contributed by atoms with Crippen LogP contribution in [0.5, 0.6) is 0 Å². The minimum absolute atomic E-state index is 0.0209. The van der Waals surface area contributed by atoms with Crippen LogP contribution in [0.2, 0.25) is 0 Å². The quantitative estimate of drug-likeness (QED) is 0.839. The van der Waals surface area contributed by atoms with Gasteiger partial charge in [-0.05, 0) is 38.5 Å². The lowest BCUT2D eigenvalue weighted by molar-refractivity contribution is 0.242. The Hall–Kier alpha value is -0.410. The van der Waals surface area contributed by atoms with Crippen molar-refractivity contribution in [1.82, 2.24) is 4.98 Å². The van der Waals surface area contributed by atoms with Gasteiger partial charge in [0.2, 0.25) is 0 Å². The van der Waals surface area contributed by atoms with Gasteiger partial charge in [-0.2, -0.15) is 0 Å². The molecule has 1 aromatic rings. The molecule has 1 saturated carbocycles. The summed E-state index contributed by atoms with van der Waals surface area (Å²) in [7, 11) is 0. The Morgan fingerprint density at radius 1 is 1.53 bits per heavy atom. The maximum absolute atomic E-state index is 6.43. The highest BCUT2D eigenvalue weighted by Gasteiger charge is 2.30. The molecular formula is C12H20N2S. The SMILES string of the molecule is Cc1nc(CC2(N)CCC(C)CC2)cs1. The van der Waals surface area contributed by atoms with Crippen LogP contribution in [0.1, 0.15) is 43.3 Å². The molecule has 0 amide bonds. The van der Waals surface area contributed by atoms with E-state index in [-0.39, 0.29) is 5.54 Å². The van der Waals surface area contributed by atoms with Gasteiger partial charge in [-0.3, -0.25) is 0 Å². The summed E-state index contributed by atoms with van der Waals surface area (Å²) in [6.45, 7) is 4.38. The molecular weight excluding hydrogens is 204 g/mol. The fourth-order valence-electron chi connectivity index (χ4n) is 2.36. The summed E-state index contributed by atoms with van der Waals surface area (Å²) in [6.07, 6.45) is 5.83. The molecule has 2 rings (SSSR count). The largest absolute Gasteiger partial charge is 0.325 e. The smallest absolute Gasteiger partial charge is 0.0897 e. The van der Waals surface area contributed by atoms with Crippen LogP contribution in [0, 0.1) is 12.8 Å². The Morgan fingerprint density at radius 2 is 2.20 bits per heavy atom. The Labute approximate surface area is 95.9 Å². The highest BCUT2D eigenvalue weighted by Crippen LogP contribution is 2.32. The van der Waals surface area contributed by atoms with Crippen LogP contribution in [0.25, 0.3) is 0 Å². The molecule has 2 N–H and O–H groups in total. The molecule has 0 unspecified atom stereocenters. The lowest BCUT2D eigenvalue weighted by atomic mass is 9.75. The molecule has 3 heteroatoms. The fraction of sp³-hybridized carbons (Fsp3) is 0.750. The van der Waals surface area contributed by atoms with Gasteiger partial charge in [-0.1, -0.05) is 6.92 Å². The van der Waals surface area contributed by atoms with Gasteiger partial charge in [0.05, 0.1) is 10.7 Å². The number of nitrogens with two attached hydrogens (primary N) is 1. The lowest BCUT2D eigenvalue weighted by Gasteiger charge is -2.35. The van der Waals surface area contributed by atoms with E-state index in [0.717, 1.165) is 30.2 Å². The van der Waals surface area contributed by atoms with E-state index in [1.54, 1.807) is 11.3 Å². The molecule has 2 nitrogen and oxygen atoms in total. The molecule has 0 radical (unpaired) electrons. The highest BCUT2D eigenvalue weighted by atomic mass is 32.1. The average molecular weight is 224 g/mol. The summed E-state index contributed by atoms with van der Waals surface area (Å²) in [5, 5.41) is 3.31. The molecule has 0 aromatic carbocycles. The Bertz CT molecular complexity index is 324. The Balaban J connectivity index is 1.99. The van der Waals surface area contributed by atoms with E-state index in [9.17, 15) is 0 Å². The first-order valence-corrected chi connectivity index (χ1v) is 6.65. The van der Waals surface area contributed by atoms with Crippen LogP contribution in [0.4, 0.5) is 0 Å². The van der Waals surface area contributed by atoms with Crippen LogP contribution >= 0.6 is 11.3 Å². The van der Waals surface area contributed by atoms with Crippen molar-refractivity contribution in [2.75, 3.05) is 0 Å². The van der Waals surface area contributed by atoms with Gasteiger partial charge in [-0.15, -0.1) is 11.3 Å². The lowest BCUT2D eigenvalue weighted by Crippen LogP contribution is -2.45. The summed E-state index contributed by atoms with van der Waals surface area (Å²) in [5.74, 6) is 0.860. The van der Waals surface area contributed by atoms with Crippen molar-refractivity contribution in [3.8, 4) is 0 Å². The second-order valence-electron chi connectivity index (χ2n) is 5.08. The summed E-state index contributed by atoms with van der Waals surface area (Å²) in [5.41, 5.74) is 7.64. The van der Waals surface area contributed by atoms with Crippen molar-refractivity contribution in [1.29, 1.82) is 0 Å². The first kappa shape index (κ1) is 11.1. The zero-order valence-electron chi connectivity index (χ0n) is 9.62. The third-order valence-electron chi connectivity index (χ3n) is 3.47. The minimum atomic E-state index is 0.0209. The monoisotopic (exact) mass is 224 g/mol. The maximum atomic E-state index is 6.43. The molecule has 1 fully saturated rings. The first-order valence-electron chi connectivity index (χ1n) is 5.77. The molecule has 0 saturated heterocycles. The van der Waals surface area contributed by atoms with Crippen molar-refractivity contribution in [3.05, 3.63) is 16.1 Å².